The van der Waals surface area contributed by atoms with E-state index in [-0.39, 0.29) is 5.41 Å². The van der Waals surface area contributed by atoms with Gasteiger partial charge in [-0.3, -0.25) is 0 Å². The highest BCUT2D eigenvalue weighted by Crippen LogP contribution is 2.50. The maximum Gasteiger partial charge on any atom is 0.160 e. The van der Waals surface area contributed by atoms with Crippen molar-refractivity contribution >= 4 is 42.3 Å². The molecule has 0 atom stereocenters. The van der Waals surface area contributed by atoms with E-state index in [0.717, 1.165) is 39.2 Å². The molecule has 0 amide bonds. The van der Waals surface area contributed by atoms with Crippen molar-refractivity contribution in [3.8, 4) is 78.4 Å². The smallest absolute Gasteiger partial charge is 0.160 e. The second-order valence-electron chi connectivity index (χ2n) is 17.0. The molecule has 62 heavy (non-hydrogen) atoms. The van der Waals surface area contributed by atoms with E-state index in [2.05, 4.69) is 214 Å². The molecule has 292 valence electrons. The molecule has 2 nitrogen and oxygen atoms in total. The average molecular weight is 809 g/mol. The van der Waals surface area contributed by atoms with Crippen molar-refractivity contribution in [1.82, 2.24) is 9.97 Å². The van der Waals surface area contributed by atoms with Gasteiger partial charge in [-0.25, -0.2) is 9.97 Å². The quantitative estimate of drug-likeness (QED) is 0.167. The number of fused-ring (bicyclic) bond motifs is 7. The Morgan fingerprint density at radius 3 is 1.84 bits per heavy atom. The predicted molar refractivity (Wildman–Crippen MR) is 263 cm³/mol. The Labute approximate surface area is 365 Å². The minimum absolute atomic E-state index is 0.0526. The van der Waals surface area contributed by atoms with Crippen LogP contribution in [-0.2, 0) is 5.41 Å². The molecule has 2 heterocycles. The third-order valence-corrected chi connectivity index (χ3v) is 14.1. The summed E-state index contributed by atoms with van der Waals surface area (Å²) in [5, 5.41) is 5.03. The summed E-state index contributed by atoms with van der Waals surface area (Å²) in [5.41, 5.74) is 17.3. The summed E-state index contributed by atoms with van der Waals surface area (Å²) in [5.74, 6) is 0.701. The Hall–Kier alpha value is -7.46. The van der Waals surface area contributed by atoms with Gasteiger partial charge in [0.2, 0.25) is 0 Å². The summed E-state index contributed by atoms with van der Waals surface area (Å²) in [6, 6.07) is 75.0. The van der Waals surface area contributed by atoms with E-state index >= 15 is 0 Å². The van der Waals surface area contributed by atoms with Gasteiger partial charge in [0.15, 0.2) is 5.82 Å². The van der Waals surface area contributed by atoms with Crippen molar-refractivity contribution in [2.24, 2.45) is 0 Å². The van der Waals surface area contributed by atoms with E-state index in [1.165, 1.54) is 75.5 Å². The van der Waals surface area contributed by atoms with E-state index in [1.54, 1.807) is 0 Å². The van der Waals surface area contributed by atoms with Gasteiger partial charge < -0.3 is 0 Å². The van der Waals surface area contributed by atoms with Gasteiger partial charge >= 0.3 is 0 Å². The molecule has 11 aromatic rings. The number of hydrogen-bond acceptors (Lipinski definition) is 3. The largest absolute Gasteiger partial charge is 0.228 e. The Morgan fingerprint density at radius 1 is 0.355 bits per heavy atom. The Morgan fingerprint density at radius 2 is 0.968 bits per heavy atom. The third-order valence-electron chi connectivity index (χ3n) is 12.9. The van der Waals surface area contributed by atoms with Crippen LogP contribution in [0.4, 0.5) is 0 Å². The predicted octanol–water partition coefficient (Wildman–Crippen LogP) is 16.3. The second-order valence-corrected chi connectivity index (χ2v) is 18.0. The standard InChI is InChI=1S/C59H40N2S/c1-59(2)52-21-10-8-17-48(52)49-30-29-43(35-53(49)59)38-23-26-39(27-24-38)54-36-55(61-58(60-54)40-14-4-3-5-15-40)46-33-44(42-28-25-37-13-6-7-16-41(37)31-42)32-45(34-46)47-19-12-20-51-50-18-9-11-22-56(50)62-57(47)51/h3-36H,1-2H3. The SMILES string of the molecule is CC1(C)c2ccccc2-c2ccc(-c3ccc(-c4cc(-c5cc(-c6ccc7ccccc7c6)cc(-c6cccc7c6sc6ccccc67)c5)nc(-c5ccccc5)n4)cc3)cc21. The molecule has 0 saturated heterocycles. The third kappa shape index (κ3) is 6.08. The van der Waals surface area contributed by atoms with Crippen LogP contribution in [0, 0.1) is 0 Å². The van der Waals surface area contributed by atoms with Crippen molar-refractivity contribution in [3.63, 3.8) is 0 Å². The van der Waals surface area contributed by atoms with Crippen LogP contribution in [-0.4, -0.2) is 9.97 Å². The van der Waals surface area contributed by atoms with E-state index in [4.69, 9.17) is 9.97 Å². The highest BCUT2D eigenvalue weighted by atomic mass is 32.1. The minimum Gasteiger partial charge on any atom is -0.228 e. The van der Waals surface area contributed by atoms with Crippen LogP contribution < -0.4 is 0 Å². The van der Waals surface area contributed by atoms with Crippen LogP contribution in [0.3, 0.4) is 0 Å². The molecule has 1 aliphatic carbocycles. The van der Waals surface area contributed by atoms with Gasteiger partial charge in [0.1, 0.15) is 0 Å². The molecule has 0 aliphatic heterocycles. The fourth-order valence-corrected chi connectivity index (χ4v) is 10.9. The molecule has 2 aromatic heterocycles. The van der Waals surface area contributed by atoms with Crippen LogP contribution in [0.2, 0.25) is 0 Å². The van der Waals surface area contributed by atoms with E-state index in [1.807, 2.05) is 17.4 Å². The maximum absolute atomic E-state index is 5.34. The van der Waals surface area contributed by atoms with Crippen LogP contribution in [0.25, 0.3) is 109 Å². The van der Waals surface area contributed by atoms with Crippen LogP contribution in [0.5, 0.6) is 0 Å². The first-order valence-corrected chi connectivity index (χ1v) is 22.1. The van der Waals surface area contributed by atoms with Crippen molar-refractivity contribution in [3.05, 3.63) is 217 Å². The summed E-state index contributed by atoms with van der Waals surface area (Å²) in [4.78, 5) is 10.6. The Balaban J connectivity index is 1.01. The zero-order valence-corrected chi connectivity index (χ0v) is 35.2. The minimum atomic E-state index is -0.0526. The zero-order chi connectivity index (χ0) is 41.4. The number of benzene rings is 9. The lowest BCUT2D eigenvalue weighted by Gasteiger charge is -2.22. The molecule has 0 N–H and O–H groups in total. The van der Waals surface area contributed by atoms with Crippen molar-refractivity contribution in [2.45, 2.75) is 19.3 Å². The topological polar surface area (TPSA) is 25.8 Å². The molecule has 0 fully saturated rings. The van der Waals surface area contributed by atoms with Crippen molar-refractivity contribution in [1.29, 1.82) is 0 Å². The zero-order valence-electron chi connectivity index (χ0n) is 34.4. The first-order chi connectivity index (χ1) is 30.4. The molecular weight excluding hydrogens is 769 g/mol. The van der Waals surface area contributed by atoms with Gasteiger partial charge in [-0.2, -0.15) is 0 Å². The average Bonchev–Trinajstić information content (AvgIpc) is 3.83. The summed E-state index contributed by atoms with van der Waals surface area (Å²) in [7, 11) is 0. The highest BCUT2D eigenvalue weighted by molar-refractivity contribution is 7.26. The number of aromatic nitrogens is 2. The van der Waals surface area contributed by atoms with Crippen LogP contribution >= 0.6 is 11.3 Å². The second kappa shape index (κ2) is 14.3. The number of rotatable bonds is 6. The first-order valence-electron chi connectivity index (χ1n) is 21.3. The molecule has 0 radical (unpaired) electrons. The highest BCUT2D eigenvalue weighted by Gasteiger charge is 2.35. The fraction of sp³-hybridized carbons (Fsp3) is 0.0508. The van der Waals surface area contributed by atoms with E-state index in [9.17, 15) is 0 Å². The van der Waals surface area contributed by atoms with Crippen LogP contribution in [0.1, 0.15) is 25.0 Å². The molecule has 0 saturated carbocycles. The lowest BCUT2D eigenvalue weighted by molar-refractivity contribution is 0.660. The van der Waals surface area contributed by atoms with E-state index in [0.29, 0.717) is 5.82 Å². The van der Waals surface area contributed by atoms with Gasteiger partial charge in [-0.05, 0) is 109 Å². The Bertz CT molecular complexity index is 3540. The molecule has 0 unspecified atom stereocenters. The summed E-state index contributed by atoms with van der Waals surface area (Å²) in [6.07, 6.45) is 0. The summed E-state index contributed by atoms with van der Waals surface area (Å²) in [6.45, 7) is 4.68. The molecule has 1 aliphatic rings. The van der Waals surface area contributed by atoms with Gasteiger partial charge in [-0.1, -0.05) is 178 Å². The summed E-state index contributed by atoms with van der Waals surface area (Å²) < 4.78 is 2.59. The van der Waals surface area contributed by atoms with Gasteiger partial charge in [0.25, 0.3) is 0 Å². The van der Waals surface area contributed by atoms with Gasteiger partial charge in [-0.15, -0.1) is 11.3 Å². The number of thiophene rings is 1. The molecule has 9 aromatic carbocycles. The number of hydrogen-bond donors (Lipinski definition) is 0. The lowest BCUT2D eigenvalue weighted by Crippen LogP contribution is -2.14. The maximum atomic E-state index is 5.34. The fourth-order valence-electron chi connectivity index (χ4n) is 9.62. The normalized spacial score (nSPS) is 12.8. The monoisotopic (exact) mass is 808 g/mol. The van der Waals surface area contributed by atoms with Crippen molar-refractivity contribution in [2.75, 3.05) is 0 Å². The molecule has 0 bridgehead atoms. The molecule has 12 rings (SSSR count). The summed E-state index contributed by atoms with van der Waals surface area (Å²) >= 11 is 1.86. The Kier molecular flexibility index (Phi) is 8.41. The molecular formula is C59H40N2S. The lowest BCUT2D eigenvalue weighted by atomic mass is 9.81. The van der Waals surface area contributed by atoms with E-state index < -0.39 is 0 Å². The molecule has 0 spiro atoms. The first kappa shape index (κ1) is 36.4. The van der Waals surface area contributed by atoms with Crippen LogP contribution in [0.15, 0.2) is 206 Å². The number of nitrogens with zero attached hydrogens (tertiary/aromatic N) is 2. The molecule has 3 heteroatoms. The van der Waals surface area contributed by atoms with Crippen molar-refractivity contribution < 1.29 is 0 Å². The van der Waals surface area contributed by atoms with Gasteiger partial charge in [0, 0.05) is 42.3 Å². The van der Waals surface area contributed by atoms with Gasteiger partial charge in [0.05, 0.1) is 11.4 Å².